The van der Waals surface area contributed by atoms with Crippen LogP contribution in [0.4, 0.5) is 0 Å². The smallest absolute Gasteiger partial charge is 0.238 e. The van der Waals surface area contributed by atoms with Crippen LogP contribution in [0.1, 0.15) is 48.7 Å². The predicted octanol–water partition coefficient (Wildman–Crippen LogP) is 3.06. The standard InChI is InChI=1S/C19H25N5OS/c1-13-7-9-15(10-8-13)16-17(18(25)23-11-5-3-4-6-12-23)26-19-21-20-14(2)24(19)22-16/h7-10,16-17,22H,3-6,11-12H2,1-2H3. The molecule has 1 amide bonds. The highest BCUT2D eigenvalue weighted by molar-refractivity contribution is 8.00. The highest BCUT2D eigenvalue weighted by atomic mass is 32.2. The summed E-state index contributed by atoms with van der Waals surface area (Å²) in [4.78, 5) is 15.4. The maximum atomic E-state index is 13.4. The van der Waals surface area contributed by atoms with Crippen LogP contribution in [0.2, 0.25) is 0 Å². The first kappa shape index (κ1) is 17.4. The average molecular weight is 372 g/mol. The number of thioether (sulfide) groups is 1. The lowest BCUT2D eigenvalue weighted by Gasteiger charge is -2.35. The van der Waals surface area contributed by atoms with Gasteiger partial charge in [0.25, 0.3) is 0 Å². The Balaban J connectivity index is 1.66. The zero-order valence-corrected chi connectivity index (χ0v) is 16.1. The molecule has 26 heavy (non-hydrogen) atoms. The lowest BCUT2D eigenvalue weighted by Crippen LogP contribution is -2.46. The van der Waals surface area contributed by atoms with Crippen LogP contribution in [-0.4, -0.2) is 44.0 Å². The Morgan fingerprint density at radius 2 is 1.77 bits per heavy atom. The zero-order chi connectivity index (χ0) is 18.1. The topological polar surface area (TPSA) is 63.1 Å². The number of nitrogens with zero attached hydrogens (tertiary/aromatic N) is 4. The molecule has 1 N–H and O–H groups in total. The van der Waals surface area contributed by atoms with Crippen molar-refractivity contribution in [3.8, 4) is 0 Å². The minimum Gasteiger partial charge on any atom is -0.342 e. The van der Waals surface area contributed by atoms with Crippen molar-refractivity contribution < 1.29 is 4.79 Å². The second kappa shape index (κ2) is 7.31. The summed E-state index contributed by atoms with van der Waals surface area (Å²) in [6.07, 6.45) is 4.63. The summed E-state index contributed by atoms with van der Waals surface area (Å²) in [5.74, 6) is 1.02. The monoisotopic (exact) mass is 371 g/mol. The quantitative estimate of drug-likeness (QED) is 0.879. The number of carbonyl (C=O) groups excluding carboxylic acids is 1. The Bertz CT molecular complexity index is 780. The number of benzene rings is 1. The van der Waals surface area contributed by atoms with Gasteiger partial charge in [-0.25, -0.2) is 4.68 Å². The van der Waals surface area contributed by atoms with E-state index in [0.717, 1.165) is 42.5 Å². The molecule has 138 valence electrons. The molecule has 0 saturated carbocycles. The lowest BCUT2D eigenvalue weighted by molar-refractivity contribution is -0.131. The highest BCUT2D eigenvalue weighted by Crippen LogP contribution is 2.38. The third-order valence-electron chi connectivity index (χ3n) is 5.20. The van der Waals surface area contributed by atoms with Crippen molar-refractivity contribution in [3.63, 3.8) is 0 Å². The molecule has 2 aliphatic heterocycles. The summed E-state index contributed by atoms with van der Waals surface area (Å²) in [5.41, 5.74) is 5.83. The second-order valence-corrected chi connectivity index (χ2v) is 8.27. The molecule has 2 atom stereocenters. The van der Waals surface area contributed by atoms with E-state index < -0.39 is 0 Å². The number of likely N-dealkylation sites (tertiary alicyclic amines) is 1. The molecule has 4 rings (SSSR count). The number of fused-ring (bicyclic) bond motifs is 1. The van der Waals surface area contributed by atoms with Gasteiger partial charge in [0, 0.05) is 13.1 Å². The van der Waals surface area contributed by atoms with Crippen LogP contribution in [0.25, 0.3) is 0 Å². The first-order chi connectivity index (χ1) is 12.6. The van der Waals surface area contributed by atoms with Gasteiger partial charge in [-0.1, -0.05) is 54.4 Å². The maximum absolute atomic E-state index is 13.4. The largest absolute Gasteiger partial charge is 0.342 e. The Labute approximate surface area is 158 Å². The maximum Gasteiger partial charge on any atom is 0.238 e. The van der Waals surface area contributed by atoms with Gasteiger partial charge < -0.3 is 10.3 Å². The number of amides is 1. The number of hydrogen-bond donors (Lipinski definition) is 1. The van der Waals surface area contributed by atoms with E-state index in [1.54, 1.807) is 0 Å². The fourth-order valence-corrected chi connectivity index (χ4v) is 4.85. The van der Waals surface area contributed by atoms with Crippen LogP contribution in [0, 0.1) is 13.8 Å². The van der Waals surface area contributed by atoms with Gasteiger partial charge in [-0.2, -0.15) is 0 Å². The molecule has 7 heteroatoms. The Morgan fingerprint density at radius 3 is 2.46 bits per heavy atom. The molecule has 1 saturated heterocycles. The molecule has 2 aliphatic rings. The second-order valence-electron chi connectivity index (χ2n) is 7.16. The zero-order valence-electron chi connectivity index (χ0n) is 15.3. The molecular weight excluding hydrogens is 346 g/mol. The number of nitrogens with one attached hydrogen (secondary N) is 1. The summed E-state index contributed by atoms with van der Waals surface area (Å²) in [5, 5.41) is 8.94. The van der Waals surface area contributed by atoms with Crippen molar-refractivity contribution in [2.45, 2.75) is 56.0 Å². The third-order valence-corrected chi connectivity index (χ3v) is 6.40. The van der Waals surface area contributed by atoms with E-state index in [0.29, 0.717) is 0 Å². The summed E-state index contributed by atoms with van der Waals surface area (Å²) in [6.45, 7) is 5.73. The fourth-order valence-electron chi connectivity index (χ4n) is 3.64. The Morgan fingerprint density at radius 1 is 1.08 bits per heavy atom. The van der Waals surface area contributed by atoms with E-state index in [2.05, 4.69) is 46.8 Å². The summed E-state index contributed by atoms with van der Waals surface area (Å²) in [6, 6.07) is 8.33. The molecular formula is C19H25N5OS. The van der Waals surface area contributed by atoms with Crippen LogP contribution >= 0.6 is 11.8 Å². The predicted molar refractivity (Wildman–Crippen MR) is 103 cm³/mol. The normalized spacial score (nSPS) is 23.1. The van der Waals surface area contributed by atoms with E-state index in [1.165, 1.54) is 30.2 Å². The molecule has 0 bridgehead atoms. The fraction of sp³-hybridized carbons (Fsp3) is 0.526. The number of rotatable bonds is 2. The minimum absolute atomic E-state index is 0.0986. The van der Waals surface area contributed by atoms with E-state index in [-0.39, 0.29) is 17.2 Å². The number of aromatic nitrogens is 3. The lowest BCUT2D eigenvalue weighted by atomic mass is 10.0. The van der Waals surface area contributed by atoms with Crippen molar-refractivity contribution >= 4 is 17.7 Å². The van der Waals surface area contributed by atoms with Gasteiger partial charge in [0.05, 0.1) is 6.04 Å². The van der Waals surface area contributed by atoms with Gasteiger partial charge in [-0.3, -0.25) is 4.79 Å². The van der Waals surface area contributed by atoms with E-state index in [4.69, 9.17) is 0 Å². The van der Waals surface area contributed by atoms with Gasteiger partial charge in [-0.05, 0) is 32.3 Å². The third kappa shape index (κ3) is 3.32. The molecule has 0 spiro atoms. The number of hydrogen-bond acceptors (Lipinski definition) is 5. The van der Waals surface area contributed by atoms with Crippen molar-refractivity contribution in [1.82, 2.24) is 19.8 Å². The molecule has 2 aromatic rings. The minimum atomic E-state index is -0.230. The molecule has 1 aromatic heterocycles. The van der Waals surface area contributed by atoms with Gasteiger partial charge in [0.2, 0.25) is 11.1 Å². The molecule has 6 nitrogen and oxygen atoms in total. The Kier molecular flexibility index (Phi) is 4.89. The van der Waals surface area contributed by atoms with Crippen molar-refractivity contribution in [2.75, 3.05) is 18.5 Å². The highest BCUT2D eigenvalue weighted by Gasteiger charge is 2.39. The van der Waals surface area contributed by atoms with Crippen LogP contribution in [0.3, 0.4) is 0 Å². The average Bonchev–Trinajstić information content (AvgIpc) is 2.86. The molecule has 0 aliphatic carbocycles. The van der Waals surface area contributed by atoms with Crippen LogP contribution in [-0.2, 0) is 4.79 Å². The summed E-state index contributed by atoms with van der Waals surface area (Å²) in [7, 11) is 0. The first-order valence-electron chi connectivity index (χ1n) is 9.34. The molecule has 2 unspecified atom stereocenters. The van der Waals surface area contributed by atoms with Crippen molar-refractivity contribution in [2.24, 2.45) is 0 Å². The molecule has 3 heterocycles. The molecule has 1 fully saturated rings. The number of aryl methyl sites for hydroxylation is 2. The van der Waals surface area contributed by atoms with Gasteiger partial charge in [0.15, 0.2) is 0 Å². The Hall–Kier alpha value is -2.02. The van der Waals surface area contributed by atoms with E-state index in [1.807, 2.05) is 16.5 Å². The van der Waals surface area contributed by atoms with Crippen LogP contribution < -0.4 is 5.43 Å². The van der Waals surface area contributed by atoms with Gasteiger partial charge in [0.1, 0.15) is 11.1 Å². The van der Waals surface area contributed by atoms with Gasteiger partial charge >= 0.3 is 0 Å². The van der Waals surface area contributed by atoms with Crippen LogP contribution in [0.5, 0.6) is 0 Å². The molecule has 1 aromatic carbocycles. The SMILES string of the molecule is Cc1ccc(C2Nn3c(C)nnc3SC2C(=O)N2CCCCCC2)cc1. The van der Waals surface area contributed by atoms with Gasteiger partial charge in [-0.15, -0.1) is 10.2 Å². The van der Waals surface area contributed by atoms with E-state index >= 15 is 0 Å². The van der Waals surface area contributed by atoms with Crippen LogP contribution in [0.15, 0.2) is 29.4 Å². The van der Waals surface area contributed by atoms with Crippen molar-refractivity contribution in [3.05, 3.63) is 41.2 Å². The number of carbonyl (C=O) groups is 1. The van der Waals surface area contributed by atoms with Crippen molar-refractivity contribution in [1.29, 1.82) is 0 Å². The molecule has 0 radical (unpaired) electrons. The summed E-state index contributed by atoms with van der Waals surface area (Å²) >= 11 is 1.53. The summed E-state index contributed by atoms with van der Waals surface area (Å²) < 4.78 is 1.90. The first-order valence-corrected chi connectivity index (χ1v) is 10.2. The van der Waals surface area contributed by atoms with E-state index in [9.17, 15) is 4.79 Å².